The van der Waals surface area contributed by atoms with E-state index < -0.39 is 8.07 Å². The summed E-state index contributed by atoms with van der Waals surface area (Å²) in [5, 5.41) is 1.40. The molecule has 0 saturated carbocycles. The topological polar surface area (TPSA) is 26.3 Å². The molecule has 0 bridgehead atoms. The van der Waals surface area contributed by atoms with Crippen LogP contribution in [0.2, 0.25) is 19.6 Å². The minimum atomic E-state index is -1.53. The fourth-order valence-electron chi connectivity index (χ4n) is 3.38. The van der Waals surface area contributed by atoms with Gasteiger partial charge in [0.25, 0.3) is 0 Å². The lowest BCUT2D eigenvalue weighted by Gasteiger charge is -2.38. The van der Waals surface area contributed by atoms with Gasteiger partial charge in [0.1, 0.15) is 6.10 Å². The van der Waals surface area contributed by atoms with Gasteiger partial charge in [-0.05, 0) is 24.5 Å². The maximum Gasteiger partial charge on any atom is 0.339 e. The van der Waals surface area contributed by atoms with Crippen LogP contribution in [-0.2, 0) is 4.74 Å². The highest BCUT2D eigenvalue weighted by Gasteiger charge is 2.39. The normalized spacial score (nSPS) is 22.2. The van der Waals surface area contributed by atoms with E-state index in [0.29, 0.717) is 5.56 Å². The van der Waals surface area contributed by atoms with E-state index in [1.807, 2.05) is 18.2 Å². The molecule has 2 nitrogen and oxygen atoms in total. The van der Waals surface area contributed by atoms with Crippen LogP contribution >= 0.6 is 0 Å². The third-order valence-corrected chi connectivity index (χ3v) is 6.21. The Morgan fingerprint density at radius 1 is 1.20 bits per heavy atom. The van der Waals surface area contributed by atoms with Crippen molar-refractivity contribution in [3.05, 3.63) is 52.7 Å². The molecule has 0 saturated heterocycles. The summed E-state index contributed by atoms with van der Waals surface area (Å²) in [5.41, 5.74) is 4.23. The van der Waals surface area contributed by atoms with Gasteiger partial charge in [0.15, 0.2) is 0 Å². The molecule has 0 aromatic heterocycles. The third kappa shape index (κ3) is 1.97. The van der Waals surface area contributed by atoms with Crippen molar-refractivity contribution in [3.8, 4) is 0 Å². The molecule has 1 atom stereocenters. The van der Waals surface area contributed by atoms with Crippen LogP contribution in [0.4, 0.5) is 0 Å². The number of hydrogen-bond acceptors (Lipinski definition) is 2. The Balaban J connectivity index is 2.32. The van der Waals surface area contributed by atoms with Crippen molar-refractivity contribution < 1.29 is 9.53 Å². The predicted molar refractivity (Wildman–Crippen MR) is 84.3 cm³/mol. The molecule has 0 fully saturated rings. The molecule has 20 heavy (non-hydrogen) atoms. The van der Waals surface area contributed by atoms with E-state index in [9.17, 15) is 4.79 Å². The zero-order chi connectivity index (χ0) is 14.5. The van der Waals surface area contributed by atoms with Crippen molar-refractivity contribution in [1.82, 2.24) is 0 Å². The molecule has 2 aliphatic rings. The number of allylic oxidation sites excluding steroid dienone is 2. The van der Waals surface area contributed by atoms with E-state index in [1.54, 1.807) is 0 Å². The lowest BCUT2D eigenvalue weighted by Crippen LogP contribution is -2.36. The van der Waals surface area contributed by atoms with Crippen molar-refractivity contribution >= 4 is 19.6 Å². The average molecular weight is 284 g/mol. The first kappa shape index (κ1) is 13.4. The molecule has 3 heteroatoms. The Hall–Kier alpha value is -1.61. The first-order valence-corrected chi connectivity index (χ1v) is 10.6. The smallest absolute Gasteiger partial charge is 0.339 e. The van der Waals surface area contributed by atoms with Gasteiger partial charge in [0.05, 0.1) is 13.6 Å². The van der Waals surface area contributed by atoms with Crippen LogP contribution < -0.4 is 0 Å². The molecule has 0 amide bonds. The monoisotopic (exact) mass is 284 g/mol. The molecule has 0 N–H and O–H groups in total. The fraction of sp³-hybridized carbons (Fsp3) is 0.353. The predicted octanol–water partition coefficient (Wildman–Crippen LogP) is 4.21. The van der Waals surface area contributed by atoms with Crippen LogP contribution in [0.15, 0.2) is 41.6 Å². The number of rotatable bonds is 1. The second kappa shape index (κ2) is 4.45. The first-order valence-electron chi connectivity index (χ1n) is 7.13. The van der Waals surface area contributed by atoms with Gasteiger partial charge >= 0.3 is 5.97 Å². The van der Waals surface area contributed by atoms with E-state index >= 15 is 0 Å². The summed E-state index contributed by atoms with van der Waals surface area (Å²) in [6, 6.07) is 7.81. The second-order valence-corrected chi connectivity index (χ2v) is 11.6. The third-order valence-electron chi connectivity index (χ3n) is 4.09. The van der Waals surface area contributed by atoms with Gasteiger partial charge in [-0.25, -0.2) is 4.79 Å². The molecule has 1 aromatic rings. The molecule has 0 spiro atoms. The van der Waals surface area contributed by atoms with Crippen molar-refractivity contribution in [3.63, 3.8) is 0 Å². The van der Waals surface area contributed by atoms with Gasteiger partial charge in [-0.1, -0.05) is 55.2 Å². The second-order valence-electron chi connectivity index (χ2n) is 6.62. The molecule has 1 aliphatic heterocycles. The van der Waals surface area contributed by atoms with Crippen molar-refractivity contribution in [2.75, 3.05) is 0 Å². The van der Waals surface area contributed by atoms with Crippen LogP contribution in [0, 0.1) is 0 Å². The molecule has 1 unspecified atom stereocenters. The zero-order valence-electron chi connectivity index (χ0n) is 12.3. The van der Waals surface area contributed by atoms with Crippen LogP contribution in [-0.4, -0.2) is 20.1 Å². The summed E-state index contributed by atoms with van der Waals surface area (Å²) >= 11 is 0. The maximum atomic E-state index is 12.1. The largest absolute Gasteiger partial charge is 0.454 e. The van der Waals surface area contributed by atoms with Gasteiger partial charge in [0.2, 0.25) is 0 Å². The summed E-state index contributed by atoms with van der Waals surface area (Å²) in [5.74, 6) is -0.184. The average Bonchev–Trinajstić information content (AvgIpc) is 2.38. The number of carbonyl (C=O) groups excluding carboxylic acids is 1. The Bertz CT molecular complexity index is 635. The highest BCUT2D eigenvalue weighted by Crippen LogP contribution is 2.44. The lowest BCUT2D eigenvalue weighted by atomic mass is 9.84. The Morgan fingerprint density at radius 3 is 2.50 bits per heavy atom. The SMILES string of the molecule is C=C1CCC2OC(=O)c3ccccc3C2=C1[Si](C)(C)C. The summed E-state index contributed by atoms with van der Waals surface area (Å²) in [6.45, 7) is 11.3. The lowest BCUT2D eigenvalue weighted by molar-refractivity contribution is 0.0372. The summed E-state index contributed by atoms with van der Waals surface area (Å²) in [6.07, 6.45) is 1.72. The number of carbonyl (C=O) groups is 1. The standard InChI is InChI=1S/C17H20O2Si/c1-11-9-10-14-15(16(11)20(2,3)4)12-7-5-6-8-13(12)17(18)19-14/h5-8,14H,1,9-10H2,2-4H3. The number of benzene rings is 1. The molecule has 1 aliphatic carbocycles. The Morgan fingerprint density at radius 2 is 1.85 bits per heavy atom. The minimum absolute atomic E-state index is 0.0791. The summed E-state index contributed by atoms with van der Waals surface area (Å²) in [4.78, 5) is 12.1. The van der Waals surface area contributed by atoms with Gasteiger partial charge in [-0.3, -0.25) is 0 Å². The highest BCUT2D eigenvalue weighted by atomic mass is 28.3. The van der Waals surface area contributed by atoms with Crippen molar-refractivity contribution in [2.45, 2.75) is 38.6 Å². The van der Waals surface area contributed by atoms with Crippen LogP contribution in [0.5, 0.6) is 0 Å². The van der Waals surface area contributed by atoms with Gasteiger partial charge in [0, 0.05) is 5.57 Å². The Labute approximate surface area is 121 Å². The van der Waals surface area contributed by atoms with Crippen LogP contribution in [0.1, 0.15) is 28.8 Å². The van der Waals surface area contributed by atoms with E-state index in [-0.39, 0.29) is 12.1 Å². The number of ether oxygens (including phenoxy) is 1. The van der Waals surface area contributed by atoms with E-state index in [2.05, 4.69) is 32.3 Å². The minimum Gasteiger partial charge on any atom is -0.454 e. The van der Waals surface area contributed by atoms with Crippen LogP contribution in [0.25, 0.3) is 5.57 Å². The molecular formula is C17H20O2Si. The molecule has 1 aromatic carbocycles. The fourth-order valence-corrected chi connectivity index (χ4v) is 5.66. The number of fused-ring (bicyclic) bond motifs is 3. The van der Waals surface area contributed by atoms with Crippen molar-refractivity contribution in [2.24, 2.45) is 0 Å². The molecule has 104 valence electrons. The van der Waals surface area contributed by atoms with Gasteiger partial charge in [-0.15, -0.1) is 0 Å². The zero-order valence-corrected chi connectivity index (χ0v) is 13.3. The summed E-state index contributed by atoms with van der Waals surface area (Å²) in [7, 11) is -1.53. The molecule has 0 radical (unpaired) electrons. The molecule has 1 heterocycles. The van der Waals surface area contributed by atoms with Crippen LogP contribution in [0.3, 0.4) is 0 Å². The van der Waals surface area contributed by atoms with E-state index in [4.69, 9.17) is 4.74 Å². The van der Waals surface area contributed by atoms with Gasteiger partial charge < -0.3 is 4.74 Å². The molecular weight excluding hydrogens is 264 g/mol. The van der Waals surface area contributed by atoms with E-state index in [0.717, 1.165) is 18.4 Å². The quantitative estimate of drug-likeness (QED) is 0.570. The van der Waals surface area contributed by atoms with Gasteiger partial charge in [-0.2, -0.15) is 0 Å². The molecule has 3 rings (SSSR count). The van der Waals surface area contributed by atoms with E-state index in [1.165, 1.54) is 16.3 Å². The van der Waals surface area contributed by atoms with Crippen molar-refractivity contribution in [1.29, 1.82) is 0 Å². The first-order chi connectivity index (χ1) is 9.39. The Kier molecular flexibility index (Phi) is 2.98. The number of hydrogen-bond donors (Lipinski definition) is 0. The summed E-state index contributed by atoms with van der Waals surface area (Å²) < 4.78 is 5.67. The number of esters is 1. The maximum absolute atomic E-state index is 12.1. The highest BCUT2D eigenvalue weighted by molar-refractivity contribution is 6.85.